The molecule has 6 nitrogen and oxygen atoms in total. The molecule has 0 bridgehead atoms. The van der Waals surface area contributed by atoms with Crippen LogP contribution in [0.15, 0.2) is 0 Å². The van der Waals surface area contributed by atoms with Gasteiger partial charge in [0.2, 0.25) is 5.91 Å². The van der Waals surface area contributed by atoms with E-state index in [4.69, 9.17) is 4.74 Å². The maximum atomic E-state index is 12.0. The zero-order valence-electron chi connectivity index (χ0n) is 13.1. The van der Waals surface area contributed by atoms with E-state index in [0.29, 0.717) is 6.54 Å². The highest BCUT2D eigenvalue weighted by Gasteiger charge is 2.27. The summed E-state index contributed by atoms with van der Waals surface area (Å²) in [6, 6.07) is -0.208. The van der Waals surface area contributed by atoms with Gasteiger partial charge in [-0.1, -0.05) is 0 Å². The van der Waals surface area contributed by atoms with Gasteiger partial charge in [0.15, 0.2) is 0 Å². The largest absolute Gasteiger partial charge is 0.468 e. The molecule has 0 saturated carbocycles. The number of amides is 1. The van der Waals surface area contributed by atoms with Gasteiger partial charge in [0.05, 0.1) is 13.7 Å². The first-order chi connectivity index (χ1) is 9.53. The molecule has 0 aromatic carbocycles. The lowest BCUT2D eigenvalue weighted by atomic mass is 10.2. The van der Waals surface area contributed by atoms with E-state index < -0.39 is 0 Å². The van der Waals surface area contributed by atoms with Crippen LogP contribution in [-0.2, 0) is 14.3 Å². The molecule has 0 aromatic heterocycles. The summed E-state index contributed by atoms with van der Waals surface area (Å²) in [6.07, 6.45) is 0. The fraction of sp³-hybridized carbons (Fsp3) is 0.857. The predicted octanol–water partition coefficient (Wildman–Crippen LogP) is 0.0339. The highest BCUT2D eigenvalue weighted by molar-refractivity contribution is 5.78. The average molecular weight is 285 g/mol. The number of piperazine rings is 1. The number of esters is 1. The number of likely N-dealkylation sites (N-methyl/N-ethyl adjacent to an activating group) is 1. The number of nitrogens with zero attached hydrogens (tertiary/aromatic N) is 3. The van der Waals surface area contributed by atoms with Gasteiger partial charge in [-0.3, -0.25) is 19.4 Å². The second-order valence-electron chi connectivity index (χ2n) is 5.08. The van der Waals surface area contributed by atoms with Crippen LogP contribution in [0.1, 0.15) is 20.8 Å². The minimum atomic E-state index is -0.208. The van der Waals surface area contributed by atoms with Gasteiger partial charge in [-0.15, -0.1) is 0 Å². The second-order valence-corrected chi connectivity index (χ2v) is 5.08. The summed E-state index contributed by atoms with van der Waals surface area (Å²) in [5.41, 5.74) is 0. The van der Waals surface area contributed by atoms with Crippen molar-refractivity contribution in [3.63, 3.8) is 0 Å². The minimum absolute atomic E-state index is 0.185. The summed E-state index contributed by atoms with van der Waals surface area (Å²) in [5, 5.41) is 0. The van der Waals surface area contributed by atoms with Crippen LogP contribution in [0.25, 0.3) is 0 Å². The van der Waals surface area contributed by atoms with Crippen LogP contribution in [-0.4, -0.2) is 85.5 Å². The molecule has 0 N–H and O–H groups in total. The molecule has 1 atom stereocenters. The molecule has 116 valence electrons. The van der Waals surface area contributed by atoms with Crippen molar-refractivity contribution < 1.29 is 14.3 Å². The van der Waals surface area contributed by atoms with Crippen molar-refractivity contribution in [1.29, 1.82) is 0 Å². The van der Waals surface area contributed by atoms with Crippen molar-refractivity contribution >= 4 is 11.9 Å². The molecule has 6 heteroatoms. The Labute approximate surface area is 121 Å². The topological polar surface area (TPSA) is 53.1 Å². The fourth-order valence-corrected chi connectivity index (χ4v) is 2.50. The Morgan fingerprint density at radius 3 is 2.15 bits per heavy atom. The van der Waals surface area contributed by atoms with E-state index in [1.165, 1.54) is 7.11 Å². The molecule has 0 spiro atoms. The van der Waals surface area contributed by atoms with Crippen LogP contribution in [0.3, 0.4) is 0 Å². The van der Waals surface area contributed by atoms with Crippen molar-refractivity contribution in [2.24, 2.45) is 0 Å². The van der Waals surface area contributed by atoms with Crippen LogP contribution in [0, 0.1) is 0 Å². The van der Waals surface area contributed by atoms with E-state index in [2.05, 4.69) is 9.80 Å². The van der Waals surface area contributed by atoms with Crippen molar-refractivity contribution in [3.05, 3.63) is 0 Å². The third-order valence-corrected chi connectivity index (χ3v) is 3.97. The van der Waals surface area contributed by atoms with Crippen molar-refractivity contribution in [1.82, 2.24) is 14.7 Å². The number of carbonyl (C=O) groups excluding carboxylic acids is 2. The van der Waals surface area contributed by atoms with Gasteiger partial charge in [-0.25, -0.2) is 0 Å². The van der Waals surface area contributed by atoms with Gasteiger partial charge in [0.25, 0.3) is 0 Å². The average Bonchev–Trinajstić information content (AvgIpc) is 2.47. The Bertz CT molecular complexity index is 324. The first-order valence-corrected chi connectivity index (χ1v) is 7.35. The van der Waals surface area contributed by atoms with Gasteiger partial charge in [0, 0.05) is 39.3 Å². The van der Waals surface area contributed by atoms with Gasteiger partial charge < -0.3 is 9.64 Å². The molecule has 1 heterocycles. The number of carbonyl (C=O) groups is 2. The van der Waals surface area contributed by atoms with Gasteiger partial charge in [-0.2, -0.15) is 0 Å². The Balaban J connectivity index is 2.39. The lowest BCUT2D eigenvalue weighted by molar-refractivity contribution is -0.147. The molecule has 20 heavy (non-hydrogen) atoms. The Morgan fingerprint density at radius 2 is 1.70 bits per heavy atom. The summed E-state index contributed by atoms with van der Waals surface area (Å²) in [5.74, 6) is -0.0119. The first-order valence-electron chi connectivity index (χ1n) is 7.35. The zero-order valence-corrected chi connectivity index (χ0v) is 13.1. The quantitative estimate of drug-likeness (QED) is 0.645. The standard InChI is InChI=1S/C14H27N3O3/c1-5-16(6-2)13(18)11-15-7-9-17(10-8-15)12(3)14(19)20-4/h12H,5-11H2,1-4H3. The van der Waals surface area contributed by atoms with E-state index in [0.717, 1.165) is 39.3 Å². The molecule has 1 aliphatic heterocycles. The van der Waals surface area contributed by atoms with Crippen LogP contribution in [0.5, 0.6) is 0 Å². The summed E-state index contributed by atoms with van der Waals surface area (Å²) >= 11 is 0. The molecule has 1 saturated heterocycles. The van der Waals surface area contributed by atoms with Crippen molar-refractivity contribution in [3.8, 4) is 0 Å². The lowest BCUT2D eigenvalue weighted by Gasteiger charge is -2.37. The highest BCUT2D eigenvalue weighted by atomic mass is 16.5. The van der Waals surface area contributed by atoms with E-state index in [-0.39, 0.29) is 17.9 Å². The number of hydrogen-bond acceptors (Lipinski definition) is 5. The lowest BCUT2D eigenvalue weighted by Crippen LogP contribution is -2.53. The molecule has 1 unspecified atom stereocenters. The third kappa shape index (κ3) is 4.45. The minimum Gasteiger partial charge on any atom is -0.468 e. The predicted molar refractivity (Wildman–Crippen MR) is 77.4 cm³/mol. The van der Waals surface area contributed by atoms with Crippen molar-refractivity contribution in [2.45, 2.75) is 26.8 Å². The number of ether oxygens (including phenoxy) is 1. The summed E-state index contributed by atoms with van der Waals surface area (Å²) in [4.78, 5) is 29.6. The zero-order chi connectivity index (χ0) is 15.1. The second kappa shape index (κ2) is 8.21. The maximum absolute atomic E-state index is 12.0. The van der Waals surface area contributed by atoms with E-state index in [1.807, 2.05) is 25.7 Å². The monoisotopic (exact) mass is 285 g/mol. The fourth-order valence-electron chi connectivity index (χ4n) is 2.50. The third-order valence-electron chi connectivity index (χ3n) is 3.97. The summed E-state index contributed by atoms with van der Waals surface area (Å²) < 4.78 is 4.76. The molecular formula is C14H27N3O3. The smallest absolute Gasteiger partial charge is 0.322 e. The molecule has 0 aromatic rings. The maximum Gasteiger partial charge on any atom is 0.322 e. The molecule has 1 amide bonds. The van der Waals surface area contributed by atoms with Crippen LogP contribution in [0.4, 0.5) is 0 Å². The Kier molecular flexibility index (Phi) is 6.95. The van der Waals surface area contributed by atoms with Gasteiger partial charge >= 0.3 is 5.97 Å². The van der Waals surface area contributed by atoms with Gasteiger partial charge in [0.1, 0.15) is 6.04 Å². The summed E-state index contributed by atoms with van der Waals surface area (Å²) in [7, 11) is 1.41. The van der Waals surface area contributed by atoms with E-state index >= 15 is 0 Å². The SMILES string of the molecule is CCN(CC)C(=O)CN1CCN(C(C)C(=O)OC)CC1. The highest BCUT2D eigenvalue weighted by Crippen LogP contribution is 2.08. The van der Waals surface area contributed by atoms with Crippen molar-refractivity contribution in [2.75, 3.05) is 52.9 Å². The normalized spacial score (nSPS) is 18.6. The van der Waals surface area contributed by atoms with E-state index in [9.17, 15) is 9.59 Å². The first kappa shape index (κ1) is 16.9. The van der Waals surface area contributed by atoms with Crippen LogP contribution < -0.4 is 0 Å². The summed E-state index contributed by atoms with van der Waals surface area (Å²) in [6.45, 7) is 11.1. The number of hydrogen-bond donors (Lipinski definition) is 0. The Morgan fingerprint density at radius 1 is 1.15 bits per heavy atom. The van der Waals surface area contributed by atoms with Crippen LogP contribution in [0.2, 0.25) is 0 Å². The molecule has 0 radical (unpaired) electrons. The Hall–Kier alpha value is -1.14. The molecule has 1 fully saturated rings. The van der Waals surface area contributed by atoms with E-state index in [1.54, 1.807) is 0 Å². The molecule has 0 aliphatic carbocycles. The molecule has 1 rings (SSSR count). The number of methoxy groups -OCH3 is 1. The molecular weight excluding hydrogens is 258 g/mol. The number of rotatable bonds is 6. The molecule has 1 aliphatic rings. The van der Waals surface area contributed by atoms with Crippen LogP contribution >= 0.6 is 0 Å². The van der Waals surface area contributed by atoms with Gasteiger partial charge in [-0.05, 0) is 20.8 Å².